The van der Waals surface area contributed by atoms with Crippen molar-refractivity contribution in [3.63, 3.8) is 0 Å². The van der Waals surface area contributed by atoms with Gasteiger partial charge in [-0.1, -0.05) is 11.6 Å². The number of rotatable bonds is 6. The molecule has 2 aromatic rings. The molecule has 0 radical (unpaired) electrons. The van der Waals surface area contributed by atoms with Gasteiger partial charge in [-0.2, -0.15) is 5.26 Å². The van der Waals surface area contributed by atoms with Gasteiger partial charge in [0.15, 0.2) is 5.78 Å². The third-order valence-electron chi connectivity index (χ3n) is 3.34. The van der Waals surface area contributed by atoms with Gasteiger partial charge in [-0.15, -0.1) is 0 Å². The van der Waals surface area contributed by atoms with Crippen LogP contribution >= 0.6 is 11.6 Å². The molecule has 6 heteroatoms. The van der Waals surface area contributed by atoms with Crippen LogP contribution in [0.1, 0.15) is 28.8 Å². The number of nitriles is 1. The largest absolute Gasteiger partial charge is 0.496 e. The number of Topliss-reactive ketones (excluding diaryl/α,β-unsaturated/α-hetero) is 1. The molecule has 0 aromatic heterocycles. The van der Waals surface area contributed by atoms with E-state index in [1.54, 1.807) is 36.4 Å². The molecule has 1 N–H and O–H groups in total. The van der Waals surface area contributed by atoms with Crippen LogP contribution < -0.4 is 10.1 Å². The van der Waals surface area contributed by atoms with Gasteiger partial charge in [-0.3, -0.25) is 9.59 Å². The first kappa shape index (κ1) is 17.5. The van der Waals surface area contributed by atoms with Gasteiger partial charge in [0.2, 0.25) is 5.91 Å². The Kier molecular flexibility index (Phi) is 5.94. The number of nitrogens with zero attached hydrogens (tertiary/aromatic N) is 1. The fraction of sp³-hybridized carbons (Fsp3) is 0.167. The van der Waals surface area contributed by atoms with Crippen molar-refractivity contribution in [2.24, 2.45) is 0 Å². The van der Waals surface area contributed by atoms with Gasteiger partial charge in [0, 0.05) is 23.6 Å². The van der Waals surface area contributed by atoms with Crippen LogP contribution in [0.5, 0.6) is 5.75 Å². The molecule has 0 saturated carbocycles. The van der Waals surface area contributed by atoms with Crippen molar-refractivity contribution in [1.29, 1.82) is 5.26 Å². The molecule has 2 aromatic carbocycles. The Morgan fingerprint density at radius 3 is 2.50 bits per heavy atom. The highest BCUT2D eigenvalue weighted by atomic mass is 35.5. The number of amides is 1. The Balaban J connectivity index is 1.95. The van der Waals surface area contributed by atoms with Crippen molar-refractivity contribution in [2.45, 2.75) is 12.8 Å². The summed E-state index contributed by atoms with van der Waals surface area (Å²) in [4.78, 5) is 24.2. The smallest absolute Gasteiger partial charge is 0.224 e. The molecule has 0 atom stereocenters. The first-order chi connectivity index (χ1) is 11.5. The summed E-state index contributed by atoms with van der Waals surface area (Å²) in [6.45, 7) is 0. The van der Waals surface area contributed by atoms with E-state index in [0.717, 1.165) is 0 Å². The van der Waals surface area contributed by atoms with Crippen LogP contribution in [-0.4, -0.2) is 18.8 Å². The molecule has 0 fully saturated rings. The van der Waals surface area contributed by atoms with Crippen LogP contribution in [0, 0.1) is 11.3 Å². The van der Waals surface area contributed by atoms with Gasteiger partial charge in [0.05, 0.1) is 24.3 Å². The zero-order valence-corrected chi connectivity index (χ0v) is 13.8. The maximum Gasteiger partial charge on any atom is 0.224 e. The van der Waals surface area contributed by atoms with Crippen LogP contribution in [0.25, 0.3) is 0 Å². The lowest BCUT2D eigenvalue weighted by Crippen LogP contribution is -2.13. The monoisotopic (exact) mass is 342 g/mol. The summed E-state index contributed by atoms with van der Waals surface area (Å²) in [6, 6.07) is 13.3. The molecule has 0 aliphatic rings. The normalized spacial score (nSPS) is 9.88. The van der Waals surface area contributed by atoms with E-state index in [0.29, 0.717) is 27.6 Å². The summed E-state index contributed by atoms with van der Waals surface area (Å²) >= 11 is 5.90. The van der Waals surface area contributed by atoms with Crippen LogP contribution in [-0.2, 0) is 4.79 Å². The Bertz CT molecular complexity index is 795. The van der Waals surface area contributed by atoms with Gasteiger partial charge in [0.25, 0.3) is 0 Å². The fourth-order valence-electron chi connectivity index (χ4n) is 2.11. The minimum absolute atomic E-state index is 0.0362. The summed E-state index contributed by atoms with van der Waals surface area (Å²) in [6.07, 6.45) is 0.0767. The lowest BCUT2D eigenvalue weighted by Gasteiger charge is -2.08. The molecule has 0 bridgehead atoms. The third-order valence-corrected chi connectivity index (χ3v) is 3.57. The topological polar surface area (TPSA) is 79.2 Å². The van der Waals surface area contributed by atoms with E-state index in [9.17, 15) is 9.59 Å². The maximum atomic E-state index is 12.3. The Morgan fingerprint density at radius 2 is 1.88 bits per heavy atom. The summed E-state index contributed by atoms with van der Waals surface area (Å²) in [7, 11) is 1.47. The van der Waals surface area contributed by atoms with Gasteiger partial charge < -0.3 is 10.1 Å². The summed E-state index contributed by atoms with van der Waals surface area (Å²) in [5, 5.41) is 11.8. The van der Waals surface area contributed by atoms with Crippen LogP contribution in [0.3, 0.4) is 0 Å². The van der Waals surface area contributed by atoms with Crippen LogP contribution in [0.4, 0.5) is 5.69 Å². The number of methoxy groups -OCH3 is 1. The molecule has 5 nitrogen and oxygen atoms in total. The molecule has 2 rings (SSSR count). The zero-order chi connectivity index (χ0) is 17.5. The highest BCUT2D eigenvalue weighted by molar-refractivity contribution is 6.31. The number of anilines is 1. The lowest BCUT2D eigenvalue weighted by molar-refractivity contribution is -0.116. The van der Waals surface area contributed by atoms with Crippen molar-refractivity contribution < 1.29 is 14.3 Å². The number of hydrogen-bond donors (Lipinski definition) is 1. The average Bonchev–Trinajstić information content (AvgIpc) is 2.60. The van der Waals surface area contributed by atoms with E-state index in [-0.39, 0.29) is 24.5 Å². The van der Waals surface area contributed by atoms with Gasteiger partial charge in [-0.05, 0) is 42.5 Å². The highest BCUT2D eigenvalue weighted by Crippen LogP contribution is 2.24. The van der Waals surface area contributed by atoms with E-state index in [4.69, 9.17) is 21.6 Å². The summed E-state index contributed by atoms with van der Waals surface area (Å²) in [5.41, 5.74) is 1.44. The number of ketones is 1. The molecule has 122 valence electrons. The maximum absolute atomic E-state index is 12.3. The van der Waals surface area contributed by atoms with E-state index in [1.807, 2.05) is 6.07 Å². The third kappa shape index (κ3) is 4.58. The van der Waals surface area contributed by atoms with Crippen LogP contribution in [0.2, 0.25) is 5.02 Å². The molecule has 0 spiro atoms. The molecular formula is C18H15ClN2O3. The summed E-state index contributed by atoms with van der Waals surface area (Å²) in [5.74, 6) is -0.0738. The van der Waals surface area contributed by atoms with E-state index < -0.39 is 0 Å². The molecule has 24 heavy (non-hydrogen) atoms. The number of hydrogen-bond acceptors (Lipinski definition) is 4. The average molecular weight is 343 g/mol. The number of ether oxygens (including phenoxy) is 1. The fourth-order valence-corrected chi connectivity index (χ4v) is 2.28. The van der Waals surface area contributed by atoms with Crippen molar-refractivity contribution in [3.8, 4) is 11.8 Å². The van der Waals surface area contributed by atoms with Gasteiger partial charge in [0.1, 0.15) is 5.75 Å². The number of carbonyl (C=O) groups is 2. The lowest BCUT2D eigenvalue weighted by atomic mass is 10.1. The zero-order valence-electron chi connectivity index (χ0n) is 13.0. The molecule has 0 heterocycles. The number of carbonyl (C=O) groups excluding carboxylic acids is 2. The first-order valence-electron chi connectivity index (χ1n) is 7.20. The molecular weight excluding hydrogens is 328 g/mol. The van der Waals surface area contributed by atoms with E-state index in [1.165, 1.54) is 13.2 Å². The standard InChI is InChI=1S/C18H15ClN2O3/c1-24-17-8-4-13(19)10-15(17)16(22)7-9-18(23)21-14-5-2-12(11-20)3-6-14/h2-6,8,10H,7,9H2,1H3,(H,21,23). The number of halogens is 1. The number of nitrogens with one attached hydrogen (secondary N) is 1. The minimum atomic E-state index is -0.283. The van der Waals surface area contributed by atoms with Crippen molar-refractivity contribution in [2.75, 3.05) is 12.4 Å². The predicted molar refractivity (Wildman–Crippen MR) is 91.4 cm³/mol. The van der Waals surface area contributed by atoms with Gasteiger partial charge >= 0.3 is 0 Å². The van der Waals surface area contributed by atoms with E-state index >= 15 is 0 Å². The van der Waals surface area contributed by atoms with Crippen molar-refractivity contribution >= 4 is 29.0 Å². The van der Waals surface area contributed by atoms with Crippen molar-refractivity contribution in [1.82, 2.24) is 0 Å². The van der Waals surface area contributed by atoms with Crippen molar-refractivity contribution in [3.05, 3.63) is 58.6 Å². The predicted octanol–water partition coefficient (Wildman–Crippen LogP) is 3.82. The minimum Gasteiger partial charge on any atom is -0.496 e. The Morgan fingerprint density at radius 1 is 1.17 bits per heavy atom. The second kappa shape index (κ2) is 8.14. The second-order valence-electron chi connectivity index (χ2n) is 5.01. The molecule has 0 aliphatic carbocycles. The molecule has 0 unspecified atom stereocenters. The Labute approximate surface area is 144 Å². The number of benzene rings is 2. The SMILES string of the molecule is COc1ccc(Cl)cc1C(=O)CCC(=O)Nc1ccc(C#N)cc1. The first-order valence-corrected chi connectivity index (χ1v) is 7.58. The highest BCUT2D eigenvalue weighted by Gasteiger charge is 2.14. The molecule has 1 amide bonds. The molecule has 0 saturated heterocycles. The summed E-state index contributed by atoms with van der Waals surface area (Å²) < 4.78 is 5.14. The van der Waals surface area contributed by atoms with Crippen LogP contribution in [0.15, 0.2) is 42.5 Å². The Hall–Kier alpha value is -2.84. The quantitative estimate of drug-likeness (QED) is 0.809. The van der Waals surface area contributed by atoms with Gasteiger partial charge in [-0.25, -0.2) is 0 Å². The second-order valence-corrected chi connectivity index (χ2v) is 5.44. The molecule has 0 aliphatic heterocycles. The van der Waals surface area contributed by atoms with E-state index in [2.05, 4.69) is 5.32 Å².